The Labute approximate surface area is 96.9 Å². The molecule has 0 radical (unpaired) electrons. The number of hydrogen-bond donors (Lipinski definition) is 2. The van der Waals surface area contributed by atoms with Gasteiger partial charge >= 0.3 is 0 Å². The van der Waals surface area contributed by atoms with Crippen LogP contribution in [-0.2, 0) is 4.79 Å². The maximum atomic E-state index is 11.2. The van der Waals surface area contributed by atoms with Crippen LogP contribution in [0.4, 0.5) is 0 Å². The summed E-state index contributed by atoms with van der Waals surface area (Å²) in [5, 5.41) is 0. The minimum atomic E-state index is -0.0982. The highest BCUT2D eigenvalue weighted by Crippen LogP contribution is 2.08. The number of thioether (sulfide) groups is 1. The summed E-state index contributed by atoms with van der Waals surface area (Å²) in [5.41, 5.74) is 2.18. The normalized spacial score (nSPS) is 15.1. The van der Waals surface area contributed by atoms with Crippen LogP contribution in [0.5, 0.6) is 0 Å². The zero-order valence-corrected chi connectivity index (χ0v) is 10.9. The highest BCUT2D eigenvalue weighted by molar-refractivity contribution is 7.98. The lowest BCUT2D eigenvalue weighted by molar-refractivity contribution is -0.125. The molecule has 0 saturated heterocycles. The Bertz CT molecular complexity index is 190. The molecule has 0 fully saturated rings. The van der Waals surface area contributed by atoms with Gasteiger partial charge in [-0.25, -0.2) is 5.84 Å². The van der Waals surface area contributed by atoms with Crippen molar-refractivity contribution in [3.05, 3.63) is 0 Å². The molecule has 0 rings (SSSR count). The number of amides is 1. The van der Waals surface area contributed by atoms with Gasteiger partial charge in [-0.1, -0.05) is 6.92 Å². The van der Waals surface area contributed by atoms with Crippen molar-refractivity contribution in [1.29, 1.82) is 0 Å². The van der Waals surface area contributed by atoms with Crippen molar-refractivity contribution >= 4 is 17.7 Å². The second-order valence-electron chi connectivity index (χ2n) is 3.98. The number of rotatable bonds is 7. The second kappa shape index (κ2) is 7.96. The standard InChI is InChI=1S/C10H23N3OS/c1-8(10(14)12-11)7-13(3)9(2)5-6-15-4/h8-9H,5-7,11H2,1-4H3,(H,12,14). The molecule has 0 aromatic heterocycles. The Morgan fingerprint density at radius 3 is 2.60 bits per heavy atom. The van der Waals surface area contributed by atoms with Gasteiger partial charge in [0.2, 0.25) is 5.91 Å². The second-order valence-corrected chi connectivity index (χ2v) is 4.97. The number of nitrogens with two attached hydrogens (primary N) is 1. The lowest BCUT2D eigenvalue weighted by atomic mass is 10.1. The van der Waals surface area contributed by atoms with Crippen LogP contribution in [0.25, 0.3) is 0 Å². The van der Waals surface area contributed by atoms with E-state index in [9.17, 15) is 4.79 Å². The third-order valence-electron chi connectivity index (χ3n) is 2.64. The van der Waals surface area contributed by atoms with E-state index in [1.54, 1.807) is 0 Å². The molecule has 0 saturated carbocycles. The summed E-state index contributed by atoms with van der Waals surface area (Å²) in [4.78, 5) is 13.4. The summed E-state index contributed by atoms with van der Waals surface area (Å²) < 4.78 is 0. The minimum absolute atomic E-state index is 0.0586. The summed E-state index contributed by atoms with van der Waals surface area (Å²) in [6.45, 7) is 4.82. The van der Waals surface area contributed by atoms with E-state index in [0.717, 1.165) is 18.7 Å². The Morgan fingerprint density at radius 2 is 2.13 bits per heavy atom. The smallest absolute Gasteiger partial charge is 0.237 e. The van der Waals surface area contributed by atoms with Gasteiger partial charge in [0.15, 0.2) is 0 Å². The fourth-order valence-corrected chi connectivity index (χ4v) is 1.92. The molecule has 0 aliphatic rings. The Morgan fingerprint density at radius 1 is 1.53 bits per heavy atom. The topological polar surface area (TPSA) is 58.4 Å². The molecule has 0 heterocycles. The van der Waals surface area contributed by atoms with E-state index in [0.29, 0.717) is 6.04 Å². The molecule has 15 heavy (non-hydrogen) atoms. The minimum Gasteiger partial charge on any atom is -0.303 e. The van der Waals surface area contributed by atoms with E-state index in [4.69, 9.17) is 5.84 Å². The quantitative estimate of drug-likeness (QED) is 0.386. The molecule has 0 aliphatic heterocycles. The molecule has 0 aromatic carbocycles. The van der Waals surface area contributed by atoms with Crippen LogP contribution in [0.2, 0.25) is 0 Å². The van der Waals surface area contributed by atoms with E-state index in [1.165, 1.54) is 0 Å². The van der Waals surface area contributed by atoms with Crippen LogP contribution in [-0.4, -0.2) is 42.4 Å². The number of carbonyl (C=O) groups is 1. The van der Waals surface area contributed by atoms with Crippen molar-refractivity contribution in [3.63, 3.8) is 0 Å². The van der Waals surface area contributed by atoms with Crippen LogP contribution < -0.4 is 11.3 Å². The highest BCUT2D eigenvalue weighted by atomic mass is 32.2. The molecule has 3 N–H and O–H groups in total. The maximum absolute atomic E-state index is 11.2. The van der Waals surface area contributed by atoms with Crippen LogP contribution in [0.3, 0.4) is 0 Å². The molecule has 0 bridgehead atoms. The van der Waals surface area contributed by atoms with E-state index in [-0.39, 0.29) is 11.8 Å². The van der Waals surface area contributed by atoms with Crippen molar-refractivity contribution in [2.24, 2.45) is 11.8 Å². The fraction of sp³-hybridized carbons (Fsp3) is 0.900. The molecule has 0 spiro atoms. The maximum Gasteiger partial charge on any atom is 0.237 e. The van der Waals surface area contributed by atoms with Gasteiger partial charge in [-0.3, -0.25) is 10.2 Å². The van der Waals surface area contributed by atoms with E-state index in [2.05, 4.69) is 23.5 Å². The molecular weight excluding hydrogens is 210 g/mol. The number of carbonyl (C=O) groups excluding carboxylic acids is 1. The molecule has 5 heteroatoms. The van der Waals surface area contributed by atoms with Crippen molar-refractivity contribution in [3.8, 4) is 0 Å². The first-order chi connectivity index (χ1) is 7.02. The lowest BCUT2D eigenvalue weighted by Gasteiger charge is -2.26. The van der Waals surface area contributed by atoms with Crippen LogP contribution >= 0.6 is 11.8 Å². The molecule has 4 nitrogen and oxygen atoms in total. The summed E-state index contributed by atoms with van der Waals surface area (Å²) in [7, 11) is 2.05. The first kappa shape index (κ1) is 14.7. The SMILES string of the molecule is CSCCC(C)N(C)CC(C)C(=O)NN. The first-order valence-corrected chi connectivity index (χ1v) is 6.62. The number of nitrogens with zero attached hydrogens (tertiary/aromatic N) is 1. The summed E-state index contributed by atoms with van der Waals surface area (Å²) in [6, 6.07) is 0.505. The zero-order valence-electron chi connectivity index (χ0n) is 10.1. The van der Waals surface area contributed by atoms with Gasteiger partial charge < -0.3 is 4.90 Å². The number of hydrogen-bond acceptors (Lipinski definition) is 4. The van der Waals surface area contributed by atoms with Crippen molar-refractivity contribution < 1.29 is 4.79 Å². The van der Waals surface area contributed by atoms with Gasteiger partial charge in [-0.05, 0) is 32.4 Å². The molecule has 2 atom stereocenters. The van der Waals surface area contributed by atoms with E-state index >= 15 is 0 Å². The van der Waals surface area contributed by atoms with Gasteiger partial charge in [0.25, 0.3) is 0 Å². The van der Waals surface area contributed by atoms with Crippen LogP contribution in [0.1, 0.15) is 20.3 Å². The van der Waals surface area contributed by atoms with E-state index in [1.807, 2.05) is 25.7 Å². The molecule has 0 aromatic rings. The summed E-state index contributed by atoms with van der Waals surface area (Å²) in [6.07, 6.45) is 3.26. The lowest BCUT2D eigenvalue weighted by Crippen LogP contribution is -2.41. The van der Waals surface area contributed by atoms with Gasteiger partial charge in [-0.15, -0.1) is 0 Å². The predicted molar refractivity (Wildman–Crippen MR) is 66.6 cm³/mol. The third-order valence-corrected chi connectivity index (χ3v) is 3.29. The number of nitrogens with one attached hydrogen (secondary N) is 1. The molecule has 2 unspecified atom stereocenters. The average Bonchev–Trinajstić information content (AvgIpc) is 2.24. The predicted octanol–water partition coefficient (Wildman–Crippen LogP) is 0.686. The monoisotopic (exact) mass is 233 g/mol. The van der Waals surface area contributed by atoms with Gasteiger partial charge in [-0.2, -0.15) is 11.8 Å². The Balaban J connectivity index is 3.89. The van der Waals surface area contributed by atoms with Crippen molar-refractivity contribution in [2.75, 3.05) is 25.6 Å². The highest BCUT2D eigenvalue weighted by Gasteiger charge is 2.16. The van der Waals surface area contributed by atoms with Gasteiger partial charge in [0.1, 0.15) is 0 Å². The molecular formula is C10H23N3OS. The van der Waals surface area contributed by atoms with Crippen molar-refractivity contribution in [2.45, 2.75) is 26.3 Å². The van der Waals surface area contributed by atoms with Gasteiger partial charge in [0, 0.05) is 18.5 Å². The Kier molecular flexibility index (Phi) is 7.82. The Hall–Kier alpha value is -0.260. The molecule has 0 aliphatic carbocycles. The van der Waals surface area contributed by atoms with Crippen molar-refractivity contribution in [1.82, 2.24) is 10.3 Å². The van der Waals surface area contributed by atoms with E-state index < -0.39 is 0 Å². The zero-order chi connectivity index (χ0) is 11.8. The fourth-order valence-electron chi connectivity index (χ4n) is 1.35. The first-order valence-electron chi connectivity index (χ1n) is 5.22. The molecule has 1 amide bonds. The average molecular weight is 233 g/mol. The van der Waals surface area contributed by atoms with Crippen LogP contribution in [0, 0.1) is 5.92 Å². The van der Waals surface area contributed by atoms with Gasteiger partial charge in [0.05, 0.1) is 0 Å². The summed E-state index contributed by atoms with van der Waals surface area (Å²) in [5.74, 6) is 6.08. The summed E-state index contributed by atoms with van der Waals surface area (Å²) >= 11 is 1.85. The number of hydrazine groups is 1. The largest absolute Gasteiger partial charge is 0.303 e. The van der Waals surface area contributed by atoms with Crippen LogP contribution in [0.15, 0.2) is 0 Å². The molecule has 90 valence electrons. The third kappa shape index (κ3) is 6.02.